The molecule has 4 heteroatoms. The molecule has 0 bridgehead atoms. The molecule has 0 spiro atoms. The molecule has 0 aliphatic carbocycles. The second-order valence-electron chi connectivity index (χ2n) is 4.14. The van der Waals surface area contributed by atoms with E-state index in [1.165, 1.54) is 24.2 Å². The van der Waals surface area contributed by atoms with E-state index in [-0.39, 0.29) is 0 Å². The van der Waals surface area contributed by atoms with Gasteiger partial charge in [0, 0.05) is 16.3 Å². The first-order valence-electron chi connectivity index (χ1n) is 5.96. The van der Waals surface area contributed by atoms with Crippen LogP contribution < -0.4 is 5.32 Å². The van der Waals surface area contributed by atoms with E-state index in [2.05, 4.69) is 51.4 Å². The quantitative estimate of drug-likeness (QED) is 0.917. The first-order chi connectivity index (χ1) is 8.28. The molecule has 1 unspecified atom stereocenters. The van der Waals surface area contributed by atoms with Gasteiger partial charge in [-0.05, 0) is 30.5 Å². The third kappa shape index (κ3) is 4.03. The Hall–Kier alpha value is -0.480. The highest BCUT2D eigenvalue weighted by Crippen LogP contribution is 2.17. The summed E-state index contributed by atoms with van der Waals surface area (Å²) in [5.74, 6) is 1.18. The number of benzene rings is 1. The lowest BCUT2D eigenvalue weighted by molar-refractivity contribution is 0.570. The van der Waals surface area contributed by atoms with Gasteiger partial charge in [-0.15, -0.1) is 0 Å². The molecule has 1 saturated heterocycles. The Kier molecular flexibility index (Phi) is 4.92. The van der Waals surface area contributed by atoms with Crippen molar-refractivity contribution in [2.24, 2.45) is 4.99 Å². The van der Waals surface area contributed by atoms with Crippen LogP contribution in [0.5, 0.6) is 0 Å². The largest absolute Gasteiger partial charge is 0.362 e. The van der Waals surface area contributed by atoms with Gasteiger partial charge < -0.3 is 5.32 Å². The van der Waals surface area contributed by atoms with Crippen molar-refractivity contribution in [1.82, 2.24) is 5.32 Å². The van der Waals surface area contributed by atoms with Crippen molar-refractivity contribution < 1.29 is 0 Å². The van der Waals surface area contributed by atoms with Crippen LogP contribution in [0, 0.1) is 0 Å². The highest BCUT2D eigenvalue weighted by molar-refractivity contribution is 9.10. The number of halogens is 1. The molecule has 1 atom stereocenters. The summed E-state index contributed by atoms with van der Waals surface area (Å²) in [6.45, 7) is 2.98. The lowest BCUT2D eigenvalue weighted by Gasteiger charge is -2.24. The Labute approximate surface area is 115 Å². The van der Waals surface area contributed by atoms with Crippen molar-refractivity contribution >= 4 is 32.9 Å². The maximum Gasteiger partial charge on any atom is 0.157 e. The number of rotatable bonds is 3. The highest BCUT2D eigenvalue weighted by Gasteiger charge is 2.15. The molecule has 1 N–H and O–H groups in total. The Morgan fingerprint density at radius 1 is 1.53 bits per heavy atom. The van der Waals surface area contributed by atoms with Crippen molar-refractivity contribution in [3.63, 3.8) is 0 Å². The molecule has 17 heavy (non-hydrogen) atoms. The Balaban J connectivity index is 1.95. The van der Waals surface area contributed by atoms with Crippen LogP contribution in [0.25, 0.3) is 0 Å². The van der Waals surface area contributed by atoms with Crippen molar-refractivity contribution in [3.05, 3.63) is 34.3 Å². The Bertz CT molecular complexity index is 406. The molecular weight excluding hydrogens is 296 g/mol. The first kappa shape index (κ1) is 13.0. The number of aliphatic imine (C=N–C) groups is 1. The van der Waals surface area contributed by atoms with Crippen LogP contribution in [-0.2, 0) is 6.54 Å². The highest BCUT2D eigenvalue weighted by atomic mass is 79.9. The summed E-state index contributed by atoms with van der Waals surface area (Å²) >= 11 is 5.31. The number of thioether (sulfide) groups is 1. The lowest BCUT2D eigenvalue weighted by Crippen LogP contribution is -2.37. The maximum atomic E-state index is 4.64. The zero-order valence-electron chi connectivity index (χ0n) is 9.95. The zero-order valence-corrected chi connectivity index (χ0v) is 12.4. The van der Waals surface area contributed by atoms with Gasteiger partial charge in [0.2, 0.25) is 0 Å². The fourth-order valence-electron chi connectivity index (χ4n) is 1.78. The summed E-state index contributed by atoms with van der Waals surface area (Å²) in [6, 6.07) is 8.93. The summed E-state index contributed by atoms with van der Waals surface area (Å²) < 4.78 is 1.12. The number of hydrogen-bond acceptors (Lipinski definition) is 2. The van der Waals surface area contributed by atoms with Crippen LogP contribution in [0.15, 0.2) is 33.7 Å². The van der Waals surface area contributed by atoms with Gasteiger partial charge in [-0.2, -0.15) is 0 Å². The smallest absolute Gasteiger partial charge is 0.157 e. The minimum atomic E-state index is 0.609. The Morgan fingerprint density at radius 2 is 2.41 bits per heavy atom. The van der Waals surface area contributed by atoms with Gasteiger partial charge in [-0.25, -0.2) is 0 Å². The fraction of sp³-hybridized carbons (Fsp3) is 0.462. The van der Waals surface area contributed by atoms with Gasteiger partial charge in [0.25, 0.3) is 0 Å². The second-order valence-corrected chi connectivity index (χ2v) is 6.14. The van der Waals surface area contributed by atoms with Crippen LogP contribution in [0.3, 0.4) is 0 Å². The molecule has 1 heterocycles. The molecule has 2 nitrogen and oxygen atoms in total. The molecule has 1 aliphatic heterocycles. The summed E-state index contributed by atoms with van der Waals surface area (Å²) in [5.41, 5.74) is 1.24. The average Bonchev–Trinajstić information content (AvgIpc) is 2.37. The molecule has 0 aromatic heterocycles. The van der Waals surface area contributed by atoms with Crippen LogP contribution in [0.2, 0.25) is 0 Å². The van der Waals surface area contributed by atoms with E-state index in [0.717, 1.165) is 16.2 Å². The normalized spacial score (nSPS) is 22.5. The van der Waals surface area contributed by atoms with Gasteiger partial charge >= 0.3 is 0 Å². The van der Waals surface area contributed by atoms with Crippen LogP contribution >= 0.6 is 27.7 Å². The number of hydrogen-bond donors (Lipinski definition) is 1. The minimum Gasteiger partial charge on any atom is -0.362 e. The van der Waals surface area contributed by atoms with Crippen LogP contribution in [-0.4, -0.2) is 17.0 Å². The van der Waals surface area contributed by atoms with Crippen molar-refractivity contribution in [2.75, 3.05) is 5.75 Å². The van der Waals surface area contributed by atoms with E-state index in [0.29, 0.717) is 6.04 Å². The number of amidine groups is 1. The summed E-state index contributed by atoms with van der Waals surface area (Å²) in [7, 11) is 0. The minimum absolute atomic E-state index is 0.609. The van der Waals surface area contributed by atoms with Gasteiger partial charge in [0.15, 0.2) is 5.17 Å². The van der Waals surface area contributed by atoms with Gasteiger partial charge in [-0.1, -0.05) is 46.7 Å². The van der Waals surface area contributed by atoms with Gasteiger partial charge in [0.05, 0.1) is 6.54 Å². The van der Waals surface area contributed by atoms with E-state index >= 15 is 0 Å². The molecule has 1 aromatic rings. The predicted octanol–water partition coefficient (Wildman–Crippen LogP) is 3.81. The molecule has 1 fully saturated rings. The molecule has 1 aliphatic rings. The van der Waals surface area contributed by atoms with E-state index in [1.807, 2.05) is 17.8 Å². The molecule has 0 radical (unpaired) electrons. The molecule has 0 amide bonds. The lowest BCUT2D eigenvalue weighted by atomic mass is 10.2. The average molecular weight is 313 g/mol. The zero-order chi connectivity index (χ0) is 12.1. The van der Waals surface area contributed by atoms with Crippen molar-refractivity contribution in [1.29, 1.82) is 0 Å². The van der Waals surface area contributed by atoms with Gasteiger partial charge in [-0.3, -0.25) is 4.99 Å². The number of nitrogens with zero attached hydrogens (tertiary/aromatic N) is 1. The topological polar surface area (TPSA) is 24.4 Å². The predicted molar refractivity (Wildman–Crippen MR) is 79.6 cm³/mol. The fourth-order valence-corrected chi connectivity index (χ4v) is 3.23. The van der Waals surface area contributed by atoms with Gasteiger partial charge in [0.1, 0.15) is 0 Å². The molecule has 0 saturated carbocycles. The summed E-state index contributed by atoms with van der Waals surface area (Å²) in [5, 5.41) is 4.59. The van der Waals surface area contributed by atoms with Crippen LogP contribution in [0.1, 0.15) is 25.3 Å². The number of nitrogens with one attached hydrogen (secondary N) is 1. The van der Waals surface area contributed by atoms with Crippen molar-refractivity contribution in [2.45, 2.75) is 32.4 Å². The van der Waals surface area contributed by atoms with E-state index in [4.69, 9.17) is 0 Å². The van der Waals surface area contributed by atoms with E-state index in [9.17, 15) is 0 Å². The molecular formula is C13H17BrN2S. The third-order valence-corrected chi connectivity index (χ3v) is 4.27. The van der Waals surface area contributed by atoms with E-state index in [1.54, 1.807) is 0 Å². The maximum absolute atomic E-state index is 4.64. The Morgan fingerprint density at radius 3 is 3.18 bits per heavy atom. The monoisotopic (exact) mass is 312 g/mol. The standard InChI is InChI=1S/C13H17BrN2S/c1-2-12-6-7-17-13(16-12)15-9-10-4-3-5-11(14)8-10/h3-5,8,12H,2,6-7,9H2,1H3,(H,15,16). The first-order valence-corrected chi connectivity index (χ1v) is 7.74. The SMILES string of the molecule is CCC1CCSC(=NCc2cccc(Br)c2)N1. The van der Waals surface area contributed by atoms with E-state index < -0.39 is 0 Å². The molecule has 92 valence electrons. The molecule has 2 rings (SSSR count). The second kappa shape index (κ2) is 6.45. The summed E-state index contributed by atoms with van der Waals surface area (Å²) in [6.07, 6.45) is 2.42. The van der Waals surface area contributed by atoms with Crippen molar-refractivity contribution in [3.8, 4) is 0 Å². The van der Waals surface area contributed by atoms with Crippen LogP contribution in [0.4, 0.5) is 0 Å². The summed E-state index contributed by atoms with van der Waals surface area (Å²) in [4.78, 5) is 4.64. The third-order valence-electron chi connectivity index (χ3n) is 2.82. The molecule has 1 aromatic carbocycles.